The Morgan fingerprint density at radius 2 is 1.79 bits per heavy atom. The summed E-state index contributed by atoms with van der Waals surface area (Å²) in [7, 11) is -4.02. The van der Waals surface area contributed by atoms with Crippen molar-refractivity contribution in [2.45, 2.75) is 29.7 Å². The SMILES string of the molecule is Cc1ccc(S(=O)(=O)OCCC(S)C(F)(F)F)cc1. The number of aryl methyl sites for hydroxylation is 1. The largest absolute Gasteiger partial charge is 0.400 e. The van der Waals surface area contributed by atoms with Gasteiger partial charge in [0.25, 0.3) is 10.1 Å². The molecule has 0 aliphatic rings. The van der Waals surface area contributed by atoms with Crippen LogP contribution in [0.1, 0.15) is 12.0 Å². The number of rotatable bonds is 5. The Hall–Kier alpha value is -0.730. The highest BCUT2D eigenvalue weighted by molar-refractivity contribution is 7.86. The zero-order chi connectivity index (χ0) is 14.7. The first kappa shape index (κ1) is 16.3. The van der Waals surface area contributed by atoms with Crippen LogP contribution in [0.2, 0.25) is 0 Å². The van der Waals surface area contributed by atoms with Gasteiger partial charge in [0.15, 0.2) is 0 Å². The Kier molecular flexibility index (Phi) is 5.28. The van der Waals surface area contributed by atoms with Gasteiger partial charge in [-0.25, -0.2) is 0 Å². The van der Waals surface area contributed by atoms with Crippen LogP contribution in [0.15, 0.2) is 29.2 Å². The molecule has 108 valence electrons. The highest BCUT2D eigenvalue weighted by Crippen LogP contribution is 2.27. The molecule has 0 bridgehead atoms. The minimum absolute atomic E-state index is 0.0826. The highest BCUT2D eigenvalue weighted by atomic mass is 32.2. The lowest BCUT2D eigenvalue weighted by molar-refractivity contribution is -0.130. The molecule has 0 fully saturated rings. The third-order valence-electron chi connectivity index (χ3n) is 2.32. The second-order valence-corrected chi connectivity index (χ2v) is 6.17. The molecule has 0 radical (unpaired) electrons. The summed E-state index contributed by atoms with van der Waals surface area (Å²) < 4.78 is 64.3. The van der Waals surface area contributed by atoms with Crippen LogP contribution in [0.4, 0.5) is 13.2 Å². The molecule has 8 heteroatoms. The van der Waals surface area contributed by atoms with Crippen molar-refractivity contribution >= 4 is 22.7 Å². The molecule has 0 aliphatic heterocycles. The van der Waals surface area contributed by atoms with Crippen molar-refractivity contribution in [3.63, 3.8) is 0 Å². The molecule has 1 rings (SSSR count). The van der Waals surface area contributed by atoms with E-state index in [1.54, 1.807) is 19.1 Å². The first-order valence-corrected chi connectivity index (χ1v) is 7.26. The van der Waals surface area contributed by atoms with Crippen molar-refractivity contribution in [3.05, 3.63) is 29.8 Å². The predicted molar refractivity (Wildman–Crippen MR) is 67.8 cm³/mol. The molecule has 0 heterocycles. The van der Waals surface area contributed by atoms with Gasteiger partial charge in [-0.2, -0.15) is 34.2 Å². The van der Waals surface area contributed by atoms with E-state index in [1.807, 2.05) is 0 Å². The van der Waals surface area contributed by atoms with Crippen LogP contribution in [0, 0.1) is 6.92 Å². The van der Waals surface area contributed by atoms with E-state index in [4.69, 9.17) is 0 Å². The first-order valence-electron chi connectivity index (χ1n) is 5.34. The van der Waals surface area contributed by atoms with E-state index in [2.05, 4.69) is 16.8 Å². The van der Waals surface area contributed by atoms with Gasteiger partial charge >= 0.3 is 6.18 Å². The van der Waals surface area contributed by atoms with E-state index < -0.39 is 34.6 Å². The molecule has 0 N–H and O–H groups in total. The van der Waals surface area contributed by atoms with E-state index in [0.717, 1.165) is 5.56 Å². The Morgan fingerprint density at radius 1 is 1.26 bits per heavy atom. The van der Waals surface area contributed by atoms with Crippen LogP contribution in [-0.4, -0.2) is 26.5 Å². The first-order chi connectivity index (χ1) is 8.63. The molecule has 1 aromatic rings. The van der Waals surface area contributed by atoms with Gasteiger partial charge in [0.05, 0.1) is 16.8 Å². The van der Waals surface area contributed by atoms with Crippen molar-refractivity contribution in [2.24, 2.45) is 0 Å². The van der Waals surface area contributed by atoms with Gasteiger partial charge in [0.2, 0.25) is 0 Å². The maximum atomic E-state index is 12.2. The van der Waals surface area contributed by atoms with Gasteiger partial charge in [0.1, 0.15) is 0 Å². The lowest BCUT2D eigenvalue weighted by atomic mass is 10.2. The fraction of sp³-hybridized carbons (Fsp3) is 0.455. The molecule has 1 atom stereocenters. The van der Waals surface area contributed by atoms with Gasteiger partial charge in [-0.15, -0.1) is 0 Å². The molecule has 0 amide bonds. The fourth-order valence-corrected chi connectivity index (χ4v) is 2.23. The summed E-state index contributed by atoms with van der Waals surface area (Å²) in [5.74, 6) is 0. The Morgan fingerprint density at radius 3 is 2.26 bits per heavy atom. The number of thiol groups is 1. The van der Waals surface area contributed by atoms with Crippen LogP contribution in [0.3, 0.4) is 0 Å². The summed E-state index contributed by atoms with van der Waals surface area (Å²) >= 11 is 3.34. The van der Waals surface area contributed by atoms with Gasteiger partial charge in [-0.1, -0.05) is 17.7 Å². The molecule has 1 unspecified atom stereocenters. The van der Waals surface area contributed by atoms with Crippen LogP contribution in [-0.2, 0) is 14.3 Å². The second-order valence-electron chi connectivity index (χ2n) is 3.94. The van der Waals surface area contributed by atoms with E-state index in [9.17, 15) is 21.6 Å². The van der Waals surface area contributed by atoms with Gasteiger partial charge < -0.3 is 0 Å². The quantitative estimate of drug-likeness (QED) is 0.671. The average Bonchev–Trinajstić information content (AvgIpc) is 2.28. The minimum atomic E-state index is -4.47. The number of benzene rings is 1. The van der Waals surface area contributed by atoms with Crippen LogP contribution in [0.25, 0.3) is 0 Å². The molecule has 0 spiro atoms. The Bertz CT molecular complexity index is 509. The standard InChI is InChI=1S/C11H13F3O3S2/c1-8-2-4-9(5-3-8)19(15,16)17-7-6-10(18)11(12,13)14/h2-5,10,18H,6-7H2,1H3. The summed E-state index contributed by atoms with van der Waals surface area (Å²) in [6, 6.07) is 5.83. The summed E-state index contributed by atoms with van der Waals surface area (Å²) in [5, 5.41) is -1.90. The molecular weight excluding hydrogens is 301 g/mol. The number of hydrogen-bond acceptors (Lipinski definition) is 4. The molecule has 0 saturated carbocycles. The minimum Gasteiger partial charge on any atom is -0.266 e. The van der Waals surface area contributed by atoms with Crippen LogP contribution < -0.4 is 0 Å². The van der Waals surface area contributed by atoms with Gasteiger partial charge in [-0.05, 0) is 25.5 Å². The topological polar surface area (TPSA) is 43.4 Å². The third kappa shape index (κ3) is 5.04. The highest BCUT2D eigenvalue weighted by Gasteiger charge is 2.36. The summed E-state index contributed by atoms with van der Waals surface area (Å²) in [4.78, 5) is -0.0826. The lowest BCUT2D eigenvalue weighted by Gasteiger charge is -2.14. The Balaban J connectivity index is 2.60. The summed E-state index contributed by atoms with van der Waals surface area (Å²) in [6.07, 6.45) is -5.00. The molecule has 0 aliphatic carbocycles. The molecule has 1 aromatic carbocycles. The van der Waals surface area contributed by atoms with Gasteiger partial charge in [0, 0.05) is 0 Å². The van der Waals surface area contributed by atoms with Crippen LogP contribution in [0.5, 0.6) is 0 Å². The zero-order valence-electron chi connectivity index (χ0n) is 10.0. The van der Waals surface area contributed by atoms with Crippen molar-refractivity contribution in [2.75, 3.05) is 6.61 Å². The average molecular weight is 314 g/mol. The van der Waals surface area contributed by atoms with E-state index in [1.165, 1.54) is 12.1 Å². The van der Waals surface area contributed by atoms with Crippen molar-refractivity contribution in [3.8, 4) is 0 Å². The van der Waals surface area contributed by atoms with E-state index >= 15 is 0 Å². The normalized spacial score (nSPS) is 14.4. The van der Waals surface area contributed by atoms with Crippen molar-refractivity contribution in [1.82, 2.24) is 0 Å². The second kappa shape index (κ2) is 6.15. The number of alkyl halides is 3. The molecular formula is C11H13F3O3S2. The maximum Gasteiger partial charge on any atom is 0.400 e. The maximum absolute atomic E-state index is 12.2. The van der Waals surface area contributed by atoms with Crippen LogP contribution >= 0.6 is 12.6 Å². The monoisotopic (exact) mass is 314 g/mol. The zero-order valence-corrected chi connectivity index (χ0v) is 11.7. The summed E-state index contributed by atoms with van der Waals surface area (Å²) in [6.45, 7) is 1.22. The molecule has 19 heavy (non-hydrogen) atoms. The predicted octanol–water partition coefficient (Wildman–Crippen LogP) is 2.95. The van der Waals surface area contributed by atoms with Gasteiger partial charge in [-0.3, -0.25) is 4.18 Å². The lowest BCUT2D eigenvalue weighted by Crippen LogP contribution is -2.25. The fourth-order valence-electron chi connectivity index (χ4n) is 1.21. The smallest absolute Gasteiger partial charge is 0.266 e. The third-order valence-corrected chi connectivity index (χ3v) is 4.19. The summed E-state index contributed by atoms with van der Waals surface area (Å²) in [5.41, 5.74) is 0.867. The molecule has 0 saturated heterocycles. The van der Waals surface area contributed by atoms with Crippen molar-refractivity contribution in [1.29, 1.82) is 0 Å². The van der Waals surface area contributed by atoms with E-state index in [-0.39, 0.29) is 4.90 Å². The molecule has 0 aromatic heterocycles. The number of halogens is 3. The van der Waals surface area contributed by atoms with Crippen molar-refractivity contribution < 1.29 is 25.8 Å². The Labute approximate surface area is 115 Å². The molecule has 3 nitrogen and oxygen atoms in total. The number of hydrogen-bond donors (Lipinski definition) is 1. The van der Waals surface area contributed by atoms with E-state index in [0.29, 0.717) is 0 Å².